The SMILES string of the molecule is c1ccc(Cn2cc(OCC3CCCCN3)cn2)cc1. The number of benzene rings is 1. The molecule has 1 aliphatic rings. The minimum Gasteiger partial charge on any atom is -0.489 e. The second-order valence-corrected chi connectivity index (χ2v) is 5.32. The minimum atomic E-state index is 0.487. The van der Waals surface area contributed by atoms with Gasteiger partial charge in [-0.1, -0.05) is 36.8 Å². The van der Waals surface area contributed by atoms with Crippen molar-refractivity contribution >= 4 is 0 Å². The number of nitrogens with one attached hydrogen (secondary N) is 1. The largest absolute Gasteiger partial charge is 0.489 e. The first-order valence-corrected chi connectivity index (χ1v) is 7.33. The van der Waals surface area contributed by atoms with E-state index in [1.807, 2.05) is 29.1 Å². The van der Waals surface area contributed by atoms with Crippen molar-refractivity contribution in [2.24, 2.45) is 0 Å². The van der Waals surface area contributed by atoms with E-state index < -0.39 is 0 Å². The molecule has 0 saturated carbocycles. The van der Waals surface area contributed by atoms with Crippen LogP contribution in [-0.2, 0) is 6.54 Å². The number of hydrogen-bond donors (Lipinski definition) is 1. The predicted octanol–water partition coefficient (Wildman–Crippen LogP) is 2.45. The van der Waals surface area contributed by atoms with Crippen LogP contribution in [0.1, 0.15) is 24.8 Å². The van der Waals surface area contributed by atoms with Crippen molar-refractivity contribution in [2.45, 2.75) is 31.8 Å². The van der Waals surface area contributed by atoms with E-state index in [2.05, 4.69) is 22.5 Å². The monoisotopic (exact) mass is 271 g/mol. The van der Waals surface area contributed by atoms with E-state index in [1.165, 1.54) is 24.8 Å². The number of hydrogen-bond acceptors (Lipinski definition) is 3. The van der Waals surface area contributed by atoms with Crippen molar-refractivity contribution in [2.75, 3.05) is 13.2 Å². The molecule has 1 aliphatic heterocycles. The third-order valence-electron chi connectivity index (χ3n) is 3.66. The average Bonchev–Trinajstić information content (AvgIpc) is 2.95. The highest BCUT2D eigenvalue weighted by Gasteiger charge is 2.13. The third kappa shape index (κ3) is 3.61. The number of rotatable bonds is 5. The number of aromatic nitrogens is 2. The van der Waals surface area contributed by atoms with Gasteiger partial charge in [0, 0.05) is 6.04 Å². The summed E-state index contributed by atoms with van der Waals surface area (Å²) in [5.74, 6) is 0.855. The van der Waals surface area contributed by atoms with Crippen LogP contribution in [0.2, 0.25) is 0 Å². The van der Waals surface area contributed by atoms with E-state index in [-0.39, 0.29) is 0 Å². The van der Waals surface area contributed by atoms with Crippen LogP contribution >= 0.6 is 0 Å². The van der Waals surface area contributed by atoms with Gasteiger partial charge in [-0.25, -0.2) is 0 Å². The Hall–Kier alpha value is -1.81. The van der Waals surface area contributed by atoms with Crippen molar-refractivity contribution in [1.82, 2.24) is 15.1 Å². The van der Waals surface area contributed by atoms with Gasteiger partial charge in [0.25, 0.3) is 0 Å². The van der Waals surface area contributed by atoms with Gasteiger partial charge in [0.15, 0.2) is 5.75 Å². The van der Waals surface area contributed by atoms with Crippen LogP contribution in [0.4, 0.5) is 0 Å². The van der Waals surface area contributed by atoms with Crippen molar-refractivity contribution in [1.29, 1.82) is 0 Å². The molecule has 1 fully saturated rings. The molecule has 3 rings (SSSR count). The van der Waals surface area contributed by atoms with Gasteiger partial charge in [-0.15, -0.1) is 0 Å². The molecule has 4 nitrogen and oxygen atoms in total. The zero-order valence-corrected chi connectivity index (χ0v) is 11.7. The van der Waals surface area contributed by atoms with Crippen molar-refractivity contribution in [3.8, 4) is 5.75 Å². The maximum absolute atomic E-state index is 5.82. The van der Waals surface area contributed by atoms with Crippen molar-refractivity contribution < 1.29 is 4.74 Å². The van der Waals surface area contributed by atoms with Crippen LogP contribution in [0, 0.1) is 0 Å². The molecule has 4 heteroatoms. The average molecular weight is 271 g/mol. The molecular weight excluding hydrogens is 250 g/mol. The highest BCUT2D eigenvalue weighted by molar-refractivity contribution is 5.17. The summed E-state index contributed by atoms with van der Waals surface area (Å²) in [4.78, 5) is 0. The maximum atomic E-state index is 5.82. The van der Waals surface area contributed by atoms with Crippen molar-refractivity contribution in [3.05, 3.63) is 48.3 Å². The first-order chi connectivity index (χ1) is 9.90. The molecule has 0 aliphatic carbocycles. The Morgan fingerprint density at radius 3 is 2.95 bits per heavy atom. The fourth-order valence-corrected chi connectivity index (χ4v) is 2.54. The van der Waals surface area contributed by atoms with E-state index in [0.29, 0.717) is 6.04 Å². The van der Waals surface area contributed by atoms with Gasteiger partial charge in [-0.3, -0.25) is 4.68 Å². The maximum Gasteiger partial charge on any atom is 0.157 e. The van der Waals surface area contributed by atoms with E-state index in [0.717, 1.165) is 25.4 Å². The van der Waals surface area contributed by atoms with Crippen molar-refractivity contribution in [3.63, 3.8) is 0 Å². The topological polar surface area (TPSA) is 39.1 Å². The smallest absolute Gasteiger partial charge is 0.157 e. The normalized spacial score (nSPS) is 18.9. The molecule has 106 valence electrons. The Balaban J connectivity index is 1.51. The zero-order valence-electron chi connectivity index (χ0n) is 11.7. The third-order valence-corrected chi connectivity index (χ3v) is 3.66. The molecule has 1 atom stereocenters. The quantitative estimate of drug-likeness (QED) is 0.908. The standard InChI is InChI=1S/C16H21N3O/c1-2-6-14(7-3-1)11-19-12-16(10-18-19)20-13-15-8-4-5-9-17-15/h1-3,6-7,10,12,15,17H,4-5,8-9,11,13H2. The van der Waals surface area contributed by atoms with E-state index in [1.54, 1.807) is 6.20 Å². The summed E-state index contributed by atoms with van der Waals surface area (Å²) >= 11 is 0. The van der Waals surface area contributed by atoms with Gasteiger partial charge >= 0.3 is 0 Å². The van der Waals surface area contributed by atoms with E-state index >= 15 is 0 Å². The summed E-state index contributed by atoms with van der Waals surface area (Å²) in [5.41, 5.74) is 1.25. The molecule has 0 bridgehead atoms. The first-order valence-electron chi connectivity index (χ1n) is 7.33. The molecule has 2 aromatic rings. The summed E-state index contributed by atoms with van der Waals surface area (Å²) in [6.45, 7) is 2.63. The van der Waals surface area contributed by atoms with Crippen LogP contribution in [0.25, 0.3) is 0 Å². The fraction of sp³-hybridized carbons (Fsp3) is 0.438. The Morgan fingerprint density at radius 1 is 1.25 bits per heavy atom. The molecule has 1 aromatic heterocycles. The summed E-state index contributed by atoms with van der Waals surface area (Å²) in [6.07, 6.45) is 7.56. The first kappa shape index (κ1) is 13.2. The highest BCUT2D eigenvalue weighted by atomic mass is 16.5. The summed E-state index contributed by atoms with van der Waals surface area (Å²) < 4.78 is 7.73. The Labute approximate surface area is 119 Å². The molecule has 1 aromatic carbocycles. The van der Waals surface area contributed by atoms with Crippen LogP contribution in [-0.4, -0.2) is 29.0 Å². The Bertz CT molecular complexity index is 518. The van der Waals surface area contributed by atoms with Crippen LogP contribution in [0.5, 0.6) is 5.75 Å². The van der Waals surface area contributed by atoms with E-state index in [4.69, 9.17) is 4.74 Å². The lowest BCUT2D eigenvalue weighted by atomic mass is 10.1. The van der Waals surface area contributed by atoms with Gasteiger partial charge in [0.05, 0.1) is 18.9 Å². The number of nitrogens with zero attached hydrogens (tertiary/aromatic N) is 2. The lowest BCUT2D eigenvalue weighted by molar-refractivity contribution is 0.239. The lowest BCUT2D eigenvalue weighted by Crippen LogP contribution is -2.38. The molecule has 20 heavy (non-hydrogen) atoms. The van der Waals surface area contributed by atoms with Gasteiger partial charge in [-0.2, -0.15) is 5.10 Å². The minimum absolute atomic E-state index is 0.487. The second kappa shape index (κ2) is 6.57. The van der Waals surface area contributed by atoms with Crippen LogP contribution < -0.4 is 10.1 Å². The zero-order chi connectivity index (χ0) is 13.6. The van der Waals surface area contributed by atoms with Gasteiger partial charge < -0.3 is 10.1 Å². The summed E-state index contributed by atoms with van der Waals surface area (Å²) in [5, 5.41) is 7.83. The van der Waals surface area contributed by atoms with Gasteiger partial charge in [-0.05, 0) is 24.9 Å². The summed E-state index contributed by atoms with van der Waals surface area (Å²) in [6, 6.07) is 10.8. The Morgan fingerprint density at radius 2 is 2.15 bits per heavy atom. The highest BCUT2D eigenvalue weighted by Crippen LogP contribution is 2.13. The van der Waals surface area contributed by atoms with E-state index in [9.17, 15) is 0 Å². The molecule has 1 N–H and O–H groups in total. The molecule has 0 radical (unpaired) electrons. The molecule has 1 saturated heterocycles. The van der Waals surface area contributed by atoms with Gasteiger partial charge in [0.2, 0.25) is 0 Å². The second-order valence-electron chi connectivity index (χ2n) is 5.32. The number of piperidine rings is 1. The lowest BCUT2D eigenvalue weighted by Gasteiger charge is -2.22. The molecule has 2 heterocycles. The molecule has 0 amide bonds. The van der Waals surface area contributed by atoms with Crippen LogP contribution in [0.3, 0.4) is 0 Å². The number of ether oxygens (including phenoxy) is 1. The predicted molar refractivity (Wildman–Crippen MR) is 78.9 cm³/mol. The van der Waals surface area contributed by atoms with Gasteiger partial charge in [0.1, 0.15) is 6.61 Å². The summed E-state index contributed by atoms with van der Waals surface area (Å²) in [7, 11) is 0. The molecular formula is C16H21N3O. The fourth-order valence-electron chi connectivity index (χ4n) is 2.54. The van der Waals surface area contributed by atoms with Crippen LogP contribution in [0.15, 0.2) is 42.7 Å². The Kier molecular flexibility index (Phi) is 4.33. The molecule has 1 unspecified atom stereocenters. The molecule has 0 spiro atoms.